The molecule has 0 aromatic heterocycles. The second-order valence-corrected chi connectivity index (χ2v) is 9.61. The molecular formula is C24H21OP. The van der Waals surface area contributed by atoms with Crippen LogP contribution in [0.2, 0.25) is 0 Å². The summed E-state index contributed by atoms with van der Waals surface area (Å²) in [6, 6.07) is 28.6. The van der Waals surface area contributed by atoms with Gasteiger partial charge in [0.25, 0.3) is 0 Å². The number of fused-ring (bicyclic) bond motifs is 2. The van der Waals surface area contributed by atoms with Crippen LogP contribution in [0.4, 0.5) is 0 Å². The maximum atomic E-state index is 14.6. The Balaban J connectivity index is 2.09. The van der Waals surface area contributed by atoms with Crippen molar-refractivity contribution in [3.63, 3.8) is 0 Å². The minimum atomic E-state index is -2.87. The largest absolute Gasteiger partial charge is 0.313 e. The summed E-state index contributed by atoms with van der Waals surface area (Å²) >= 11 is 0. The molecule has 0 amide bonds. The van der Waals surface area contributed by atoms with E-state index in [-0.39, 0.29) is 0 Å². The van der Waals surface area contributed by atoms with Crippen molar-refractivity contribution in [1.29, 1.82) is 0 Å². The third kappa shape index (κ3) is 2.79. The van der Waals surface area contributed by atoms with Gasteiger partial charge in [-0.05, 0) is 28.5 Å². The molecule has 0 N–H and O–H groups in total. The van der Waals surface area contributed by atoms with E-state index in [1.165, 1.54) is 0 Å². The Morgan fingerprint density at radius 2 is 1.15 bits per heavy atom. The van der Waals surface area contributed by atoms with Gasteiger partial charge in [-0.1, -0.05) is 97.1 Å². The average Bonchev–Trinajstić information content (AvgIpc) is 2.66. The molecule has 4 rings (SSSR count). The summed E-state index contributed by atoms with van der Waals surface area (Å²) in [6.07, 6.45) is 0.481. The fourth-order valence-electron chi connectivity index (χ4n) is 3.73. The highest BCUT2D eigenvalue weighted by molar-refractivity contribution is 7.79. The zero-order valence-corrected chi connectivity index (χ0v) is 15.7. The van der Waals surface area contributed by atoms with Crippen LogP contribution in [0.3, 0.4) is 0 Å². The highest BCUT2D eigenvalue weighted by Crippen LogP contribution is 2.48. The van der Waals surface area contributed by atoms with E-state index in [2.05, 4.69) is 43.0 Å². The molecule has 1 nitrogen and oxygen atoms in total. The predicted octanol–water partition coefficient (Wildman–Crippen LogP) is 5.88. The fraction of sp³-hybridized carbons (Fsp3) is 0.0833. The molecule has 128 valence electrons. The summed E-state index contributed by atoms with van der Waals surface area (Å²) in [6.45, 7) is 6.04. The topological polar surface area (TPSA) is 17.1 Å². The third-order valence-electron chi connectivity index (χ3n) is 4.80. The lowest BCUT2D eigenvalue weighted by atomic mass is 10.1. The van der Waals surface area contributed by atoms with Crippen molar-refractivity contribution in [3.05, 3.63) is 97.1 Å². The molecule has 0 fully saturated rings. The van der Waals surface area contributed by atoms with Gasteiger partial charge in [0.1, 0.15) is 7.14 Å². The molecule has 4 aromatic rings. The molecule has 0 bridgehead atoms. The quantitative estimate of drug-likeness (QED) is 0.329. The second kappa shape index (κ2) is 6.59. The zero-order valence-electron chi connectivity index (χ0n) is 14.9. The molecule has 0 aliphatic rings. The van der Waals surface area contributed by atoms with Gasteiger partial charge < -0.3 is 4.57 Å². The van der Waals surface area contributed by atoms with Crippen LogP contribution in [0, 0.1) is 0 Å². The van der Waals surface area contributed by atoms with Gasteiger partial charge >= 0.3 is 0 Å². The Kier molecular flexibility index (Phi) is 4.26. The van der Waals surface area contributed by atoms with Crippen LogP contribution in [0.5, 0.6) is 0 Å². The lowest BCUT2D eigenvalue weighted by molar-refractivity contribution is 0.588. The lowest BCUT2D eigenvalue weighted by Gasteiger charge is -2.23. The SMILES string of the molecule is C=C(C)CP(=O)(c1cccc2ccccc12)c1cccc2ccccc12. The van der Waals surface area contributed by atoms with Crippen molar-refractivity contribution in [2.24, 2.45) is 0 Å². The first-order valence-corrected chi connectivity index (χ1v) is 10.7. The van der Waals surface area contributed by atoms with E-state index in [1.54, 1.807) is 0 Å². The average molecular weight is 356 g/mol. The van der Waals surface area contributed by atoms with E-state index in [0.29, 0.717) is 6.16 Å². The summed E-state index contributed by atoms with van der Waals surface area (Å²) < 4.78 is 14.6. The molecule has 2 heteroatoms. The Morgan fingerprint density at radius 3 is 1.62 bits per heavy atom. The molecule has 0 radical (unpaired) electrons. The summed E-state index contributed by atoms with van der Waals surface area (Å²) in [5.74, 6) is 0. The van der Waals surface area contributed by atoms with Gasteiger partial charge in [0.05, 0.1) is 0 Å². The molecule has 0 spiro atoms. The van der Waals surface area contributed by atoms with Gasteiger partial charge in [-0.3, -0.25) is 0 Å². The normalized spacial score (nSPS) is 11.7. The molecule has 4 aromatic carbocycles. The van der Waals surface area contributed by atoms with E-state index in [1.807, 2.05) is 55.5 Å². The molecule has 0 saturated carbocycles. The third-order valence-corrected chi connectivity index (χ3v) is 8.13. The van der Waals surface area contributed by atoms with Gasteiger partial charge in [-0.15, -0.1) is 0 Å². The van der Waals surface area contributed by atoms with Crippen LogP contribution in [-0.2, 0) is 4.57 Å². The Bertz CT molecular complexity index is 1080. The van der Waals surface area contributed by atoms with Crippen molar-refractivity contribution in [3.8, 4) is 0 Å². The number of hydrogen-bond donors (Lipinski definition) is 0. The molecular weight excluding hydrogens is 335 g/mol. The molecule has 0 heterocycles. The summed E-state index contributed by atoms with van der Waals surface area (Å²) in [4.78, 5) is 0. The smallest absolute Gasteiger partial charge is 0.148 e. The minimum Gasteiger partial charge on any atom is -0.313 e. The summed E-state index contributed by atoms with van der Waals surface area (Å²) in [5.41, 5.74) is 0.939. The van der Waals surface area contributed by atoms with Crippen molar-refractivity contribution in [1.82, 2.24) is 0 Å². The molecule has 0 aliphatic carbocycles. The first-order valence-electron chi connectivity index (χ1n) is 8.80. The number of allylic oxidation sites excluding steroid dienone is 1. The van der Waals surface area contributed by atoms with Gasteiger partial charge in [0.15, 0.2) is 0 Å². The van der Waals surface area contributed by atoms with E-state index in [0.717, 1.165) is 37.7 Å². The Morgan fingerprint density at radius 1 is 0.731 bits per heavy atom. The predicted molar refractivity (Wildman–Crippen MR) is 114 cm³/mol. The summed E-state index contributed by atoms with van der Waals surface area (Å²) in [5, 5.41) is 6.21. The first kappa shape index (κ1) is 16.8. The van der Waals surface area contributed by atoms with Crippen LogP contribution in [-0.4, -0.2) is 6.16 Å². The van der Waals surface area contributed by atoms with Crippen LogP contribution >= 0.6 is 7.14 Å². The Labute approximate surface area is 154 Å². The van der Waals surface area contributed by atoms with Gasteiger partial charge in [0.2, 0.25) is 0 Å². The van der Waals surface area contributed by atoms with Crippen molar-refractivity contribution in [2.45, 2.75) is 6.92 Å². The summed E-state index contributed by atoms with van der Waals surface area (Å²) in [7, 11) is -2.87. The highest BCUT2D eigenvalue weighted by atomic mass is 31.2. The van der Waals surface area contributed by atoms with Crippen LogP contribution < -0.4 is 10.6 Å². The van der Waals surface area contributed by atoms with Crippen LogP contribution in [0.1, 0.15) is 6.92 Å². The minimum absolute atomic E-state index is 0.481. The molecule has 0 unspecified atom stereocenters. The fourth-order valence-corrected chi connectivity index (χ4v) is 6.93. The van der Waals surface area contributed by atoms with Crippen LogP contribution in [0.25, 0.3) is 21.5 Å². The lowest BCUT2D eigenvalue weighted by Crippen LogP contribution is -2.20. The monoisotopic (exact) mass is 356 g/mol. The zero-order chi connectivity index (χ0) is 18.1. The van der Waals surface area contributed by atoms with Gasteiger partial charge in [-0.25, -0.2) is 0 Å². The number of rotatable bonds is 4. The maximum absolute atomic E-state index is 14.6. The van der Waals surface area contributed by atoms with Gasteiger partial charge in [-0.2, -0.15) is 0 Å². The molecule has 26 heavy (non-hydrogen) atoms. The van der Waals surface area contributed by atoms with E-state index >= 15 is 0 Å². The Hall–Kier alpha value is -2.63. The van der Waals surface area contributed by atoms with Crippen molar-refractivity contribution in [2.75, 3.05) is 6.16 Å². The first-order chi connectivity index (χ1) is 12.6. The molecule has 0 aliphatic heterocycles. The second-order valence-electron chi connectivity index (χ2n) is 6.85. The van der Waals surface area contributed by atoms with Crippen molar-refractivity contribution >= 4 is 39.3 Å². The maximum Gasteiger partial charge on any atom is 0.148 e. The standard InChI is InChI=1S/C24H21OP/c1-18(2)17-26(25,23-15-7-11-19-9-3-5-13-21(19)23)24-16-8-12-20-10-4-6-14-22(20)24/h3-16H,1,17H2,2H3. The highest BCUT2D eigenvalue weighted by Gasteiger charge is 2.30. The van der Waals surface area contributed by atoms with E-state index < -0.39 is 7.14 Å². The van der Waals surface area contributed by atoms with Crippen LogP contribution in [0.15, 0.2) is 97.1 Å². The van der Waals surface area contributed by atoms with E-state index in [9.17, 15) is 4.57 Å². The van der Waals surface area contributed by atoms with Crippen molar-refractivity contribution < 1.29 is 4.57 Å². The number of hydrogen-bond acceptors (Lipinski definition) is 1. The number of benzene rings is 4. The van der Waals surface area contributed by atoms with Gasteiger partial charge in [0, 0.05) is 16.8 Å². The van der Waals surface area contributed by atoms with E-state index in [4.69, 9.17) is 0 Å². The molecule has 0 saturated heterocycles. The molecule has 0 atom stereocenters.